The van der Waals surface area contributed by atoms with Gasteiger partial charge in [-0.3, -0.25) is 10.1 Å². The van der Waals surface area contributed by atoms with Crippen molar-refractivity contribution in [3.8, 4) is 0 Å². The summed E-state index contributed by atoms with van der Waals surface area (Å²) in [6.45, 7) is 7.45. The second-order valence-corrected chi connectivity index (χ2v) is 5.86. The number of hydrogen-bond acceptors (Lipinski definition) is 3. The second-order valence-electron chi connectivity index (χ2n) is 5.86. The van der Waals surface area contributed by atoms with Crippen LogP contribution in [0.5, 0.6) is 0 Å². The molecule has 2 rings (SSSR count). The molecule has 0 saturated carbocycles. The fourth-order valence-corrected chi connectivity index (χ4v) is 2.25. The van der Waals surface area contributed by atoms with Crippen LogP contribution in [0.3, 0.4) is 0 Å². The van der Waals surface area contributed by atoms with Gasteiger partial charge in [0.25, 0.3) is 0 Å². The van der Waals surface area contributed by atoms with Crippen LogP contribution in [0.4, 0.5) is 10.5 Å². The molecule has 5 nitrogen and oxygen atoms in total. The molecule has 0 unspecified atom stereocenters. The lowest BCUT2D eigenvalue weighted by molar-refractivity contribution is 0.0636. The van der Waals surface area contributed by atoms with Gasteiger partial charge < -0.3 is 9.72 Å². The fraction of sp³-hybridized carbons (Fsp3) is 0.375. The minimum atomic E-state index is -0.559. The molecule has 0 spiro atoms. The number of ether oxygens (including phenoxy) is 1. The van der Waals surface area contributed by atoms with Crippen LogP contribution in [0.15, 0.2) is 18.3 Å². The first-order valence-electron chi connectivity index (χ1n) is 6.94. The maximum atomic E-state index is 11.9. The monoisotopic (exact) mass is 288 g/mol. The quantitative estimate of drug-likeness (QED) is 0.842. The number of H-pyrrole nitrogens is 1. The van der Waals surface area contributed by atoms with Crippen LogP contribution in [-0.4, -0.2) is 23.0 Å². The number of nitrogens with one attached hydrogen (secondary N) is 2. The van der Waals surface area contributed by atoms with Crippen molar-refractivity contribution in [1.82, 2.24) is 4.98 Å². The van der Waals surface area contributed by atoms with Crippen LogP contribution < -0.4 is 5.32 Å². The van der Waals surface area contributed by atoms with E-state index in [0.717, 1.165) is 29.2 Å². The van der Waals surface area contributed by atoms with E-state index in [1.165, 1.54) is 0 Å². The van der Waals surface area contributed by atoms with Crippen molar-refractivity contribution in [2.75, 3.05) is 5.32 Å². The predicted molar refractivity (Wildman–Crippen MR) is 82.9 cm³/mol. The molecular weight excluding hydrogens is 268 g/mol. The number of benzene rings is 1. The first kappa shape index (κ1) is 15.1. The molecule has 1 amide bonds. The van der Waals surface area contributed by atoms with Gasteiger partial charge in [0, 0.05) is 17.1 Å². The number of aromatic amines is 1. The van der Waals surface area contributed by atoms with Gasteiger partial charge in [0.05, 0.1) is 11.2 Å². The highest BCUT2D eigenvalue weighted by atomic mass is 16.6. The number of aromatic nitrogens is 1. The number of aryl methyl sites for hydroxylation is 1. The van der Waals surface area contributed by atoms with Crippen molar-refractivity contribution < 1.29 is 14.3 Å². The molecule has 5 heteroatoms. The fourth-order valence-electron chi connectivity index (χ4n) is 2.25. The largest absolute Gasteiger partial charge is 0.444 e. The van der Waals surface area contributed by atoms with E-state index in [0.29, 0.717) is 11.3 Å². The second kappa shape index (κ2) is 5.60. The van der Waals surface area contributed by atoms with Crippen LogP contribution in [-0.2, 0) is 11.2 Å². The highest BCUT2D eigenvalue weighted by molar-refractivity contribution is 6.06. The summed E-state index contributed by atoms with van der Waals surface area (Å²) < 4.78 is 5.25. The highest BCUT2D eigenvalue weighted by Crippen LogP contribution is 2.29. The van der Waals surface area contributed by atoms with Crippen LogP contribution in [0.25, 0.3) is 10.9 Å². The van der Waals surface area contributed by atoms with E-state index >= 15 is 0 Å². The van der Waals surface area contributed by atoms with Crippen molar-refractivity contribution in [3.63, 3.8) is 0 Å². The maximum absolute atomic E-state index is 11.9. The third-order valence-corrected chi connectivity index (χ3v) is 3.10. The Hall–Kier alpha value is -2.30. The van der Waals surface area contributed by atoms with Gasteiger partial charge in [-0.1, -0.05) is 13.0 Å². The Labute approximate surface area is 123 Å². The molecule has 0 atom stereocenters. The number of hydrogen-bond donors (Lipinski definition) is 2. The predicted octanol–water partition coefficient (Wildman–Crippen LogP) is 3.89. The van der Waals surface area contributed by atoms with E-state index in [4.69, 9.17) is 4.74 Å². The van der Waals surface area contributed by atoms with E-state index in [-0.39, 0.29) is 0 Å². The smallest absolute Gasteiger partial charge is 0.412 e. The van der Waals surface area contributed by atoms with Gasteiger partial charge in [-0.2, -0.15) is 0 Å². The summed E-state index contributed by atoms with van der Waals surface area (Å²) >= 11 is 0. The van der Waals surface area contributed by atoms with Crippen LogP contribution in [0, 0.1) is 0 Å². The van der Waals surface area contributed by atoms with Gasteiger partial charge in [-0.05, 0) is 38.8 Å². The lowest BCUT2D eigenvalue weighted by atomic mass is 10.0. The Morgan fingerprint density at radius 3 is 2.67 bits per heavy atom. The Kier molecular flexibility index (Phi) is 4.02. The number of carbonyl (C=O) groups excluding carboxylic acids is 2. The summed E-state index contributed by atoms with van der Waals surface area (Å²) in [5.41, 5.74) is 2.43. The van der Waals surface area contributed by atoms with Crippen LogP contribution in [0.2, 0.25) is 0 Å². The standard InChI is InChI=1S/C16H20N2O3/c1-5-10-6-7-12(18-15(20)21-16(2,3)4)14-13(10)11(9-19)8-17-14/h6-9,17H,5H2,1-4H3,(H,18,20). The van der Waals surface area contributed by atoms with Gasteiger partial charge in [0.1, 0.15) is 5.60 Å². The Balaban J connectivity index is 2.40. The lowest BCUT2D eigenvalue weighted by Gasteiger charge is -2.20. The molecule has 2 N–H and O–H groups in total. The van der Waals surface area contributed by atoms with Crippen LogP contribution in [0.1, 0.15) is 43.6 Å². The van der Waals surface area contributed by atoms with Crippen molar-refractivity contribution in [2.45, 2.75) is 39.7 Å². The zero-order valence-corrected chi connectivity index (χ0v) is 12.7. The number of aldehydes is 1. The molecule has 0 radical (unpaired) electrons. The Morgan fingerprint density at radius 2 is 2.10 bits per heavy atom. The molecule has 1 heterocycles. The molecule has 1 aromatic carbocycles. The molecule has 0 bridgehead atoms. The molecule has 21 heavy (non-hydrogen) atoms. The third-order valence-electron chi connectivity index (χ3n) is 3.10. The van der Waals surface area contributed by atoms with Crippen LogP contribution >= 0.6 is 0 Å². The molecule has 1 aromatic heterocycles. The molecular formula is C16H20N2O3. The molecule has 0 saturated heterocycles. The van der Waals surface area contributed by atoms with Crippen molar-refractivity contribution in [2.24, 2.45) is 0 Å². The zero-order valence-electron chi connectivity index (χ0n) is 12.7. The number of amides is 1. The van der Waals surface area contributed by atoms with Gasteiger partial charge in [0.15, 0.2) is 6.29 Å². The van der Waals surface area contributed by atoms with Gasteiger partial charge in [-0.25, -0.2) is 4.79 Å². The van der Waals surface area contributed by atoms with Gasteiger partial charge in [-0.15, -0.1) is 0 Å². The van der Waals surface area contributed by atoms with E-state index in [1.54, 1.807) is 6.20 Å². The van der Waals surface area contributed by atoms with Gasteiger partial charge >= 0.3 is 6.09 Å². The van der Waals surface area contributed by atoms with E-state index < -0.39 is 11.7 Å². The topological polar surface area (TPSA) is 71.2 Å². The molecule has 0 aliphatic rings. The average Bonchev–Trinajstić information content (AvgIpc) is 2.81. The van der Waals surface area contributed by atoms with Crippen molar-refractivity contribution >= 4 is 29.0 Å². The molecule has 0 aliphatic heterocycles. The minimum absolute atomic E-state index is 0.518. The number of anilines is 1. The highest BCUT2D eigenvalue weighted by Gasteiger charge is 2.18. The number of fused-ring (bicyclic) bond motifs is 1. The maximum Gasteiger partial charge on any atom is 0.412 e. The molecule has 112 valence electrons. The zero-order chi connectivity index (χ0) is 15.6. The molecule has 0 aliphatic carbocycles. The summed E-state index contributed by atoms with van der Waals surface area (Å²) in [6.07, 6.45) is 2.75. The Bertz CT molecular complexity index is 681. The van der Waals surface area contributed by atoms with Crippen molar-refractivity contribution in [1.29, 1.82) is 0 Å². The number of carbonyl (C=O) groups is 2. The molecule has 0 fully saturated rings. The minimum Gasteiger partial charge on any atom is -0.444 e. The average molecular weight is 288 g/mol. The Morgan fingerprint density at radius 1 is 1.38 bits per heavy atom. The van der Waals surface area contributed by atoms with Gasteiger partial charge in [0.2, 0.25) is 0 Å². The summed E-state index contributed by atoms with van der Waals surface area (Å²) in [4.78, 5) is 26.1. The lowest BCUT2D eigenvalue weighted by Crippen LogP contribution is -2.27. The third kappa shape index (κ3) is 3.24. The first-order valence-corrected chi connectivity index (χ1v) is 6.94. The van der Waals surface area contributed by atoms with E-state index in [2.05, 4.69) is 10.3 Å². The SMILES string of the molecule is CCc1ccc(NC(=O)OC(C)(C)C)c2[nH]cc(C=O)c12. The first-order chi connectivity index (χ1) is 9.85. The summed E-state index contributed by atoms with van der Waals surface area (Å²) in [7, 11) is 0. The van der Waals surface area contributed by atoms with Crippen molar-refractivity contribution in [3.05, 3.63) is 29.5 Å². The summed E-state index contributed by atoms with van der Waals surface area (Å²) in [5, 5.41) is 3.57. The molecule has 2 aromatic rings. The summed E-state index contributed by atoms with van der Waals surface area (Å²) in [6, 6.07) is 3.73. The van der Waals surface area contributed by atoms with E-state index in [1.807, 2.05) is 39.8 Å². The number of rotatable bonds is 3. The summed E-state index contributed by atoms with van der Waals surface area (Å²) in [5.74, 6) is 0. The van der Waals surface area contributed by atoms with E-state index in [9.17, 15) is 9.59 Å². The normalized spacial score (nSPS) is 11.4.